The van der Waals surface area contributed by atoms with Gasteiger partial charge in [-0.2, -0.15) is 13.2 Å². The van der Waals surface area contributed by atoms with Crippen LogP contribution in [0, 0.1) is 0 Å². The molecule has 0 saturated carbocycles. The molecule has 0 amide bonds. The number of rotatable bonds is 1. The Morgan fingerprint density at radius 3 is 2.36 bits per heavy atom. The van der Waals surface area contributed by atoms with Crippen molar-refractivity contribution in [2.45, 2.75) is 6.18 Å². The molecule has 0 heterocycles. The van der Waals surface area contributed by atoms with Gasteiger partial charge in [-0.15, -0.1) is 0 Å². The van der Waals surface area contributed by atoms with Crippen LogP contribution >= 0.6 is 15.9 Å². The molecule has 3 N–H and O–H groups in total. The van der Waals surface area contributed by atoms with Gasteiger partial charge in [0, 0.05) is 11.5 Å². The van der Waals surface area contributed by atoms with Crippen molar-refractivity contribution in [3.05, 3.63) is 22.2 Å². The summed E-state index contributed by atoms with van der Waals surface area (Å²) < 4.78 is 37.1. The molecule has 14 heavy (non-hydrogen) atoms. The zero-order valence-corrected chi connectivity index (χ0v) is 8.83. The largest absolute Gasteiger partial charge is 0.417 e. The second-order valence-electron chi connectivity index (χ2n) is 2.67. The van der Waals surface area contributed by atoms with E-state index in [1.54, 1.807) is 0 Å². The summed E-state index contributed by atoms with van der Waals surface area (Å²) in [4.78, 5) is 0. The van der Waals surface area contributed by atoms with Crippen LogP contribution in [-0.4, -0.2) is 7.05 Å². The number of hydrogen-bond donors (Lipinski definition) is 2. The normalized spacial score (nSPS) is 11.5. The molecule has 0 fully saturated rings. The molecule has 1 rings (SSSR count). The number of anilines is 2. The zero-order chi connectivity index (χ0) is 10.9. The Morgan fingerprint density at radius 2 is 1.93 bits per heavy atom. The third-order valence-electron chi connectivity index (χ3n) is 1.71. The van der Waals surface area contributed by atoms with Crippen LogP contribution in [0.5, 0.6) is 0 Å². The first-order valence-electron chi connectivity index (χ1n) is 3.70. The summed E-state index contributed by atoms with van der Waals surface area (Å²) in [5, 5.41) is 2.59. The lowest BCUT2D eigenvalue weighted by atomic mass is 10.1. The molecule has 0 aliphatic rings. The smallest absolute Gasteiger partial charge is 0.397 e. The van der Waals surface area contributed by atoms with E-state index in [2.05, 4.69) is 21.2 Å². The lowest BCUT2D eigenvalue weighted by Crippen LogP contribution is -2.08. The molecule has 78 valence electrons. The van der Waals surface area contributed by atoms with Crippen LogP contribution in [0.15, 0.2) is 16.6 Å². The van der Waals surface area contributed by atoms with Crippen molar-refractivity contribution in [1.29, 1.82) is 0 Å². The van der Waals surface area contributed by atoms with E-state index in [0.717, 1.165) is 6.07 Å². The van der Waals surface area contributed by atoms with Crippen LogP contribution < -0.4 is 11.1 Å². The van der Waals surface area contributed by atoms with Crippen molar-refractivity contribution >= 4 is 27.3 Å². The van der Waals surface area contributed by atoms with Crippen LogP contribution in [0.4, 0.5) is 24.5 Å². The summed E-state index contributed by atoms with van der Waals surface area (Å²) in [5.74, 6) is 0. The molecule has 1 aromatic carbocycles. The maximum Gasteiger partial charge on any atom is 0.417 e. The number of halogens is 4. The van der Waals surface area contributed by atoms with Crippen molar-refractivity contribution in [1.82, 2.24) is 0 Å². The quantitative estimate of drug-likeness (QED) is 0.769. The van der Waals surface area contributed by atoms with E-state index >= 15 is 0 Å². The molecule has 0 radical (unpaired) electrons. The van der Waals surface area contributed by atoms with Gasteiger partial charge in [-0.3, -0.25) is 0 Å². The molecule has 0 bridgehead atoms. The maximum atomic E-state index is 12.4. The van der Waals surface area contributed by atoms with E-state index < -0.39 is 11.7 Å². The van der Waals surface area contributed by atoms with E-state index in [-0.39, 0.29) is 15.8 Å². The van der Waals surface area contributed by atoms with Crippen molar-refractivity contribution in [2.24, 2.45) is 0 Å². The van der Waals surface area contributed by atoms with Gasteiger partial charge in [0.2, 0.25) is 0 Å². The van der Waals surface area contributed by atoms with E-state index in [9.17, 15) is 13.2 Å². The molecule has 1 aromatic rings. The predicted octanol–water partition coefficient (Wildman–Crippen LogP) is 3.09. The van der Waals surface area contributed by atoms with Crippen LogP contribution in [-0.2, 0) is 6.18 Å². The third kappa shape index (κ3) is 2.12. The Labute approximate surface area is 87.4 Å². The van der Waals surface area contributed by atoms with Gasteiger partial charge in [0.15, 0.2) is 0 Å². The monoisotopic (exact) mass is 268 g/mol. The molecule has 0 spiro atoms. The minimum Gasteiger partial charge on any atom is -0.397 e. The first-order valence-corrected chi connectivity index (χ1v) is 4.49. The number of hydrogen-bond acceptors (Lipinski definition) is 2. The molecule has 0 atom stereocenters. The van der Waals surface area contributed by atoms with Gasteiger partial charge in [0.25, 0.3) is 0 Å². The molecule has 0 unspecified atom stereocenters. The van der Waals surface area contributed by atoms with Crippen molar-refractivity contribution in [3.8, 4) is 0 Å². The molecule has 2 nitrogen and oxygen atoms in total. The van der Waals surface area contributed by atoms with E-state index in [1.807, 2.05) is 0 Å². The van der Waals surface area contributed by atoms with Crippen molar-refractivity contribution in [2.75, 3.05) is 18.1 Å². The highest BCUT2D eigenvalue weighted by atomic mass is 79.9. The second-order valence-corrected chi connectivity index (χ2v) is 3.52. The molecular formula is C8H8BrF3N2. The maximum absolute atomic E-state index is 12.4. The van der Waals surface area contributed by atoms with Crippen LogP contribution in [0.25, 0.3) is 0 Å². The molecule has 0 aromatic heterocycles. The molecule has 0 aliphatic heterocycles. The molecule has 0 saturated heterocycles. The highest BCUT2D eigenvalue weighted by Gasteiger charge is 2.33. The van der Waals surface area contributed by atoms with Gasteiger partial charge in [0.1, 0.15) is 0 Å². The molecule has 6 heteroatoms. The summed E-state index contributed by atoms with van der Waals surface area (Å²) in [7, 11) is 1.51. The average Bonchev–Trinajstić information content (AvgIpc) is 2.02. The van der Waals surface area contributed by atoms with E-state index in [4.69, 9.17) is 5.73 Å². The summed E-state index contributed by atoms with van der Waals surface area (Å²) in [6.07, 6.45) is -4.38. The number of benzene rings is 1. The van der Waals surface area contributed by atoms with Gasteiger partial charge in [-0.05, 0) is 12.1 Å². The van der Waals surface area contributed by atoms with Crippen LogP contribution in [0.3, 0.4) is 0 Å². The van der Waals surface area contributed by atoms with Crippen LogP contribution in [0.1, 0.15) is 5.56 Å². The van der Waals surface area contributed by atoms with Crippen LogP contribution in [0.2, 0.25) is 0 Å². The standard InChI is InChI=1S/C8H8BrF3N2/c1-14-7-2-4(8(10,11)12)5(9)3-6(7)13/h2-3,14H,13H2,1H3. The van der Waals surface area contributed by atoms with E-state index in [0.29, 0.717) is 0 Å². The topological polar surface area (TPSA) is 38.0 Å². The molecule has 0 aliphatic carbocycles. The lowest BCUT2D eigenvalue weighted by molar-refractivity contribution is -0.138. The Hall–Kier alpha value is -0.910. The Bertz CT molecular complexity index is 349. The highest BCUT2D eigenvalue weighted by molar-refractivity contribution is 9.10. The average molecular weight is 269 g/mol. The fourth-order valence-corrected chi connectivity index (χ4v) is 1.61. The summed E-state index contributed by atoms with van der Waals surface area (Å²) in [5.41, 5.74) is 5.28. The second kappa shape index (κ2) is 3.68. The SMILES string of the molecule is CNc1cc(C(F)(F)F)c(Br)cc1N. The van der Waals surface area contributed by atoms with Crippen molar-refractivity contribution < 1.29 is 13.2 Å². The van der Waals surface area contributed by atoms with Gasteiger partial charge >= 0.3 is 6.18 Å². The summed E-state index contributed by atoms with van der Waals surface area (Å²) in [6, 6.07) is 2.20. The number of nitrogens with two attached hydrogens (primary N) is 1. The summed E-state index contributed by atoms with van der Waals surface area (Å²) >= 11 is 2.82. The fourth-order valence-electron chi connectivity index (χ4n) is 1.02. The van der Waals surface area contributed by atoms with Gasteiger partial charge in [-0.25, -0.2) is 0 Å². The Kier molecular flexibility index (Phi) is 2.94. The minimum absolute atomic E-state index is 0.0542. The van der Waals surface area contributed by atoms with Gasteiger partial charge < -0.3 is 11.1 Å². The van der Waals surface area contributed by atoms with E-state index in [1.165, 1.54) is 13.1 Å². The fraction of sp³-hybridized carbons (Fsp3) is 0.250. The first-order chi connectivity index (χ1) is 6.36. The number of nitrogens with one attached hydrogen (secondary N) is 1. The first kappa shape index (κ1) is 11.2. The van der Waals surface area contributed by atoms with Crippen molar-refractivity contribution in [3.63, 3.8) is 0 Å². The predicted molar refractivity (Wildman–Crippen MR) is 53.1 cm³/mol. The summed E-state index contributed by atoms with van der Waals surface area (Å²) in [6.45, 7) is 0. The number of alkyl halides is 3. The number of nitrogen functional groups attached to an aromatic ring is 1. The molecular weight excluding hydrogens is 261 g/mol. The third-order valence-corrected chi connectivity index (χ3v) is 2.37. The minimum atomic E-state index is -4.38. The Balaban J connectivity index is 3.32. The Morgan fingerprint density at radius 1 is 1.36 bits per heavy atom. The lowest BCUT2D eigenvalue weighted by Gasteiger charge is -2.12. The van der Waals surface area contributed by atoms with Gasteiger partial charge in [-0.1, -0.05) is 15.9 Å². The zero-order valence-electron chi connectivity index (χ0n) is 7.24. The highest BCUT2D eigenvalue weighted by Crippen LogP contribution is 2.38. The van der Waals surface area contributed by atoms with Gasteiger partial charge in [0.05, 0.1) is 16.9 Å².